The normalized spacial score (nSPS) is 17.4. The summed E-state index contributed by atoms with van der Waals surface area (Å²) in [5.41, 5.74) is 6.11. The first-order valence-electron chi connectivity index (χ1n) is 7.17. The molecule has 2 unspecified atom stereocenters. The molecule has 112 valence electrons. The van der Waals surface area contributed by atoms with Crippen molar-refractivity contribution in [3.63, 3.8) is 0 Å². The summed E-state index contributed by atoms with van der Waals surface area (Å²) >= 11 is 1.61. The van der Waals surface area contributed by atoms with Gasteiger partial charge in [-0.25, -0.2) is 0 Å². The Morgan fingerprint density at radius 1 is 1.30 bits per heavy atom. The molecule has 0 aromatic heterocycles. The number of ether oxygens (including phenoxy) is 2. The Balaban J connectivity index is 2.06. The molecule has 4 nitrogen and oxygen atoms in total. The first kappa shape index (κ1) is 15.5. The number of aliphatic hydroxyl groups is 1. The summed E-state index contributed by atoms with van der Waals surface area (Å²) in [6, 6.07) is 5.92. The van der Waals surface area contributed by atoms with Gasteiger partial charge in [0.2, 0.25) is 0 Å². The molecule has 1 aliphatic rings. The first-order valence-corrected chi connectivity index (χ1v) is 8.05. The van der Waals surface area contributed by atoms with Crippen molar-refractivity contribution in [1.29, 1.82) is 0 Å². The van der Waals surface area contributed by atoms with Crippen molar-refractivity contribution in [2.24, 2.45) is 5.73 Å². The van der Waals surface area contributed by atoms with E-state index in [0.29, 0.717) is 13.2 Å². The number of fused-ring (bicyclic) bond motifs is 1. The Kier molecular flexibility index (Phi) is 6.01. The standard InChI is InChI=1S/C15H23NO3S/c1-2-4-12(16)15(10-17)20-11-5-6-13-14(9-11)19-8-3-7-18-13/h5-6,9,12,15,17H,2-4,7-8,10,16H2,1H3. The number of hydrogen-bond acceptors (Lipinski definition) is 5. The van der Waals surface area contributed by atoms with E-state index in [-0.39, 0.29) is 17.9 Å². The van der Waals surface area contributed by atoms with Gasteiger partial charge in [-0.2, -0.15) is 0 Å². The van der Waals surface area contributed by atoms with Gasteiger partial charge in [-0.15, -0.1) is 11.8 Å². The second kappa shape index (κ2) is 7.76. The van der Waals surface area contributed by atoms with Crippen molar-refractivity contribution in [2.45, 2.75) is 42.4 Å². The third-order valence-electron chi connectivity index (χ3n) is 3.29. The molecule has 0 aliphatic carbocycles. The molecule has 2 rings (SSSR count). The maximum absolute atomic E-state index is 9.51. The largest absolute Gasteiger partial charge is 0.490 e. The third kappa shape index (κ3) is 4.04. The Morgan fingerprint density at radius 3 is 2.75 bits per heavy atom. The number of thioether (sulfide) groups is 1. The highest BCUT2D eigenvalue weighted by molar-refractivity contribution is 8.00. The molecule has 0 radical (unpaired) electrons. The fourth-order valence-electron chi connectivity index (χ4n) is 2.17. The number of benzene rings is 1. The summed E-state index contributed by atoms with van der Waals surface area (Å²) in [7, 11) is 0. The van der Waals surface area contributed by atoms with E-state index in [9.17, 15) is 5.11 Å². The molecule has 0 spiro atoms. The average molecular weight is 297 g/mol. The first-order chi connectivity index (χ1) is 9.74. The summed E-state index contributed by atoms with van der Waals surface area (Å²) < 4.78 is 11.3. The van der Waals surface area contributed by atoms with Crippen molar-refractivity contribution in [3.8, 4) is 11.5 Å². The number of aliphatic hydroxyl groups excluding tert-OH is 1. The molecule has 1 aromatic rings. The van der Waals surface area contributed by atoms with Crippen LogP contribution in [0.5, 0.6) is 11.5 Å². The lowest BCUT2D eigenvalue weighted by Gasteiger charge is -2.21. The highest BCUT2D eigenvalue weighted by Gasteiger charge is 2.19. The van der Waals surface area contributed by atoms with Crippen molar-refractivity contribution in [3.05, 3.63) is 18.2 Å². The molecule has 0 fully saturated rings. The quantitative estimate of drug-likeness (QED) is 0.790. The van der Waals surface area contributed by atoms with E-state index in [4.69, 9.17) is 15.2 Å². The monoisotopic (exact) mass is 297 g/mol. The van der Waals surface area contributed by atoms with Crippen LogP contribution >= 0.6 is 11.8 Å². The summed E-state index contributed by atoms with van der Waals surface area (Å²) in [4.78, 5) is 1.06. The molecule has 0 saturated heterocycles. The molecule has 0 saturated carbocycles. The van der Waals surface area contributed by atoms with E-state index in [1.165, 1.54) is 0 Å². The molecular weight excluding hydrogens is 274 g/mol. The Labute approximate surface area is 124 Å². The van der Waals surface area contributed by atoms with Gasteiger partial charge >= 0.3 is 0 Å². The molecule has 2 atom stereocenters. The van der Waals surface area contributed by atoms with Gasteiger partial charge in [0.15, 0.2) is 11.5 Å². The molecule has 3 N–H and O–H groups in total. The zero-order valence-electron chi connectivity index (χ0n) is 11.9. The second-order valence-corrected chi connectivity index (χ2v) is 6.26. The minimum Gasteiger partial charge on any atom is -0.490 e. The zero-order valence-corrected chi connectivity index (χ0v) is 12.7. The van der Waals surface area contributed by atoms with Crippen LogP contribution in [0.15, 0.2) is 23.1 Å². The maximum Gasteiger partial charge on any atom is 0.162 e. The lowest BCUT2D eigenvalue weighted by molar-refractivity contribution is 0.279. The predicted octanol–water partition coefficient (Wildman–Crippen LogP) is 2.43. The van der Waals surface area contributed by atoms with Crippen LogP contribution in [-0.2, 0) is 0 Å². The second-order valence-electron chi connectivity index (χ2n) is 4.95. The van der Waals surface area contributed by atoms with Crippen LogP contribution in [0.2, 0.25) is 0 Å². The average Bonchev–Trinajstić information content (AvgIpc) is 2.69. The van der Waals surface area contributed by atoms with E-state index in [2.05, 4.69) is 6.92 Å². The van der Waals surface area contributed by atoms with Crippen LogP contribution < -0.4 is 15.2 Å². The topological polar surface area (TPSA) is 64.7 Å². The van der Waals surface area contributed by atoms with Crippen LogP contribution in [0.4, 0.5) is 0 Å². The molecule has 1 aromatic carbocycles. The van der Waals surface area contributed by atoms with Gasteiger partial charge in [-0.1, -0.05) is 13.3 Å². The molecule has 1 heterocycles. The predicted molar refractivity (Wildman–Crippen MR) is 81.7 cm³/mol. The van der Waals surface area contributed by atoms with Gasteiger partial charge in [0.25, 0.3) is 0 Å². The summed E-state index contributed by atoms with van der Waals surface area (Å²) in [5, 5.41) is 9.52. The summed E-state index contributed by atoms with van der Waals surface area (Å²) in [6.45, 7) is 3.56. The number of rotatable bonds is 6. The van der Waals surface area contributed by atoms with Crippen LogP contribution in [0.1, 0.15) is 26.2 Å². The molecule has 1 aliphatic heterocycles. The van der Waals surface area contributed by atoms with Crippen molar-refractivity contribution in [1.82, 2.24) is 0 Å². The minimum absolute atomic E-state index is 0.00554. The highest BCUT2D eigenvalue weighted by atomic mass is 32.2. The molecule has 5 heteroatoms. The third-order valence-corrected chi connectivity index (χ3v) is 4.61. The van der Waals surface area contributed by atoms with Crippen molar-refractivity contribution >= 4 is 11.8 Å². The summed E-state index contributed by atoms with van der Waals surface area (Å²) in [5.74, 6) is 1.58. The van der Waals surface area contributed by atoms with Crippen molar-refractivity contribution < 1.29 is 14.6 Å². The minimum atomic E-state index is 0.00554. The fourth-order valence-corrected chi connectivity index (χ4v) is 3.23. The lowest BCUT2D eigenvalue weighted by Crippen LogP contribution is -2.34. The number of hydrogen-bond donors (Lipinski definition) is 2. The molecule has 20 heavy (non-hydrogen) atoms. The lowest BCUT2D eigenvalue weighted by atomic mass is 10.1. The number of nitrogens with two attached hydrogens (primary N) is 1. The Morgan fingerprint density at radius 2 is 2.05 bits per heavy atom. The van der Waals surface area contributed by atoms with Crippen LogP contribution in [0.3, 0.4) is 0 Å². The van der Waals surface area contributed by atoms with E-state index < -0.39 is 0 Å². The van der Waals surface area contributed by atoms with Gasteiger partial charge in [-0.05, 0) is 24.6 Å². The van der Waals surface area contributed by atoms with Crippen LogP contribution in [0, 0.1) is 0 Å². The van der Waals surface area contributed by atoms with E-state index in [0.717, 1.165) is 35.7 Å². The Bertz CT molecular complexity index is 428. The van der Waals surface area contributed by atoms with Gasteiger partial charge in [0.05, 0.1) is 19.8 Å². The zero-order chi connectivity index (χ0) is 14.4. The van der Waals surface area contributed by atoms with Crippen LogP contribution in [-0.4, -0.2) is 36.2 Å². The van der Waals surface area contributed by atoms with E-state index >= 15 is 0 Å². The fraction of sp³-hybridized carbons (Fsp3) is 0.600. The van der Waals surface area contributed by atoms with E-state index in [1.807, 2.05) is 18.2 Å². The highest BCUT2D eigenvalue weighted by Crippen LogP contribution is 2.35. The molecule has 0 bridgehead atoms. The van der Waals surface area contributed by atoms with E-state index in [1.54, 1.807) is 11.8 Å². The summed E-state index contributed by atoms with van der Waals surface area (Å²) in [6.07, 6.45) is 2.85. The smallest absolute Gasteiger partial charge is 0.162 e. The SMILES string of the molecule is CCCC(N)C(CO)Sc1ccc2c(c1)OCCCO2. The van der Waals surface area contributed by atoms with Gasteiger partial charge < -0.3 is 20.3 Å². The van der Waals surface area contributed by atoms with Crippen LogP contribution in [0.25, 0.3) is 0 Å². The van der Waals surface area contributed by atoms with Gasteiger partial charge in [-0.3, -0.25) is 0 Å². The maximum atomic E-state index is 9.51. The van der Waals surface area contributed by atoms with Crippen molar-refractivity contribution in [2.75, 3.05) is 19.8 Å². The molecular formula is C15H23NO3S. The van der Waals surface area contributed by atoms with Gasteiger partial charge in [0, 0.05) is 22.6 Å². The molecule has 0 amide bonds. The Hall–Kier alpha value is -0.910. The van der Waals surface area contributed by atoms with Gasteiger partial charge in [0.1, 0.15) is 0 Å².